The summed E-state index contributed by atoms with van der Waals surface area (Å²) in [5, 5.41) is 11.0. The van der Waals surface area contributed by atoms with Gasteiger partial charge in [0.1, 0.15) is 11.5 Å². The molecule has 0 bridgehead atoms. The molecule has 152 valence electrons. The molecule has 0 spiro atoms. The van der Waals surface area contributed by atoms with Crippen molar-refractivity contribution in [2.45, 2.75) is 39.2 Å². The van der Waals surface area contributed by atoms with Crippen molar-refractivity contribution in [3.63, 3.8) is 0 Å². The summed E-state index contributed by atoms with van der Waals surface area (Å²) < 4.78 is 5.22. The van der Waals surface area contributed by atoms with Gasteiger partial charge < -0.3 is 14.7 Å². The highest BCUT2D eigenvalue weighted by molar-refractivity contribution is 6.46. The van der Waals surface area contributed by atoms with E-state index in [0.717, 1.165) is 30.4 Å². The van der Waals surface area contributed by atoms with Crippen LogP contribution in [0.1, 0.15) is 49.4 Å². The minimum Gasteiger partial charge on any atom is -0.507 e. The molecule has 2 aromatic rings. The van der Waals surface area contributed by atoms with E-state index in [0.29, 0.717) is 17.9 Å². The normalized spacial score (nSPS) is 18.3. The molecule has 0 radical (unpaired) electrons. The Morgan fingerprint density at radius 3 is 2.24 bits per heavy atom. The second-order valence-corrected chi connectivity index (χ2v) is 7.17. The zero-order valence-electron chi connectivity index (χ0n) is 17.1. The van der Waals surface area contributed by atoms with Crippen molar-refractivity contribution in [1.29, 1.82) is 0 Å². The van der Waals surface area contributed by atoms with Gasteiger partial charge in [-0.15, -0.1) is 0 Å². The lowest BCUT2D eigenvalue weighted by Crippen LogP contribution is -2.30. The Kier molecular flexibility index (Phi) is 6.37. The van der Waals surface area contributed by atoms with Gasteiger partial charge in [-0.05, 0) is 36.1 Å². The van der Waals surface area contributed by atoms with Crippen LogP contribution < -0.4 is 4.74 Å². The van der Waals surface area contributed by atoms with E-state index in [2.05, 4.69) is 6.92 Å². The Morgan fingerprint density at radius 2 is 1.69 bits per heavy atom. The van der Waals surface area contributed by atoms with Gasteiger partial charge in [-0.25, -0.2) is 0 Å². The zero-order chi connectivity index (χ0) is 21.0. The monoisotopic (exact) mass is 393 g/mol. The molecule has 3 rings (SSSR count). The Morgan fingerprint density at radius 1 is 1.03 bits per heavy atom. The lowest BCUT2D eigenvalue weighted by atomic mass is 9.94. The van der Waals surface area contributed by atoms with Crippen molar-refractivity contribution >= 4 is 17.4 Å². The van der Waals surface area contributed by atoms with Crippen molar-refractivity contribution < 1.29 is 19.4 Å². The fraction of sp³-hybridized carbons (Fsp3) is 0.333. The molecule has 29 heavy (non-hydrogen) atoms. The van der Waals surface area contributed by atoms with Crippen molar-refractivity contribution in [1.82, 2.24) is 4.90 Å². The predicted molar refractivity (Wildman–Crippen MR) is 113 cm³/mol. The van der Waals surface area contributed by atoms with Crippen LogP contribution in [0.2, 0.25) is 0 Å². The summed E-state index contributed by atoms with van der Waals surface area (Å²) >= 11 is 0. The van der Waals surface area contributed by atoms with E-state index in [1.54, 1.807) is 36.3 Å². The summed E-state index contributed by atoms with van der Waals surface area (Å²) in [6.07, 6.45) is 2.57. The lowest BCUT2D eigenvalue weighted by molar-refractivity contribution is -0.139. The van der Waals surface area contributed by atoms with Crippen LogP contribution in [0.25, 0.3) is 5.76 Å². The number of amides is 1. The van der Waals surface area contributed by atoms with Crippen molar-refractivity contribution in [2.75, 3.05) is 13.7 Å². The van der Waals surface area contributed by atoms with E-state index in [4.69, 9.17) is 4.74 Å². The Hall–Kier alpha value is -3.08. The van der Waals surface area contributed by atoms with E-state index in [1.807, 2.05) is 31.2 Å². The third kappa shape index (κ3) is 4.04. The first-order chi connectivity index (χ1) is 14.0. The SMILES string of the molecule is CCCCN1C(=O)C(=O)/C(=C(\O)c2ccc(CC)cc2)C1c1ccc(OC)cc1. The second kappa shape index (κ2) is 8.95. The van der Waals surface area contributed by atoms with Gasteiger partial charge in [-0.3, -0.25) is 9.59 Å². The molecule has 1 heterocycles. The molecule has 1 aliphatic heterocycles. The van der Waals surface area contributed by atoms with Crippen LogP contribution >= 0.6 is 0 Å². The van der Waals surface area contributed by atoms with Crippen LogP contribution in [-0.4, -0.2) is 35.4 Å². The van der Waals surface area contributed by atoms with Crippen LogP contribution in [0.5, 0.6) is 5.75 Å². The van der Waals surface area contributed by atoms with Gasteiger partial charge >= 0.3 is 0 Å². The van der Waals surface area contributed by atoms with Gasteiger partial charge in [0, 0.05) is 12.1 Å². The number of aliphatic hydroxyl groups is 1. The van der Waals surface area contributed by atoms with Gasteiger partial charge in [-0.1, -0.05) is 56.7 Å². The molecule has 5 heteroatoms. The molecule has 1 amide bonds. The number of aryl methyl sites for hydroxylation is 1. The molecule has 1 N–H and O–H groups in total. The van der Waals surface area contributed by atoms with Gasteiger partial charge in [-0.2, -0.15) is 0 Å². The third-order valence-corrected chi connectivity index (χ3v) is 5.36. The Balaban J connectivity index is 2.11. The summed E-state index contributed by atoms with van der Waals surface area (Å²) in [7, 11) is 1.59. The number of benzene rings is 2. The van der Waals surface area contributed by atoms with Crippen LogP contribution in [-0.2, 0) is 16.0 Å². The first kappa shape index (κ1) is 20.6. The van der Waals surface area contributed by atoms with Gasteiger partial charge in [0.25, 0.3) is 11.7 Å². The molecule has 1 unspecified atom stereocenters. The summed E-state index contributed by atoms with van der Waals surface area (Å²) in [6.45, 7) is 4.55. The molecular weight excluding hydrogens is 366 g/mol. The second-order valence-electron chi connectivity index (χ2n) is 7.17. The van der Waals surface area contributed by atoms with E-state index < -0.39 is 17.7 Å². The lowest BCUT2D eigenvalue weighted by Gasteiger charge is -2.25. The highest BCUT2D eigenvalue weighted by Gasteiger charge is 2.45. The topological polar surface area (TPSA) is 66.8 Å². The van der Waals surface area contributed by atoms with Crippen LogP contribution in [0, 0.1) is 0 Å². The van der Waals surface area contributed by atoms with E-state index in [-0.39, 0.29) is 11.3 Å². The fourth-order valence-electron chi connectivity index (χ4n) is 3.63. The van der Waals surface area contributed by atoms with Gasteiger partial charge in [0.15, 0.2) is 0 Å². The number of ether oxygens (including phenoxy) is 1. The number of aliphatic hydroxyl groups excluding tert-OH is 1. The number of ketones is 1. The number of hydrogen-bond donors (Lipinski definition) is 1. The number of carbonyl (C=O) groups is 2. The quantitative estimate of drug-likeness (QED) is 0.428. The fourth-order valence-corrected chi connectivity index (χ4v) is 3.63. The maximum atomic E-state index is 12.9. The van der Waals surface area contributed by atoms with Gasteiger partial charge in [0.2, 0.25) is 0 Å². The molecule has 0 saturated carbocycles. The number of hydrogen-bond acceptors (Lipinski definition) is 4. The number of carbonyl (C=O) groups excluding carboxylic acids is 2. The largest absolute Gasteiger partial charge is 0.507 e. The van der Waals surface area contributed by atoms with Crippen molar-refractivity contribution in [3.05, 3.63) is 70.8 Å². The minimum atomic E-state index is -0.640. The van der Waals surface area contributed by atoms with E-state index in [1.165, 1.54) is 0 Å². The Labute approximate surface area is 171 Å². The number of nitrogens with zero attached hydrogens (tertiary/aromatic N) is 1. The number of unbranched alkanes of at least 4 members (excludes halogenated alkanes) is 1. The molecule has 1 aliphatic rings. The van der Waals surface area contributed by atoms with Crippen LogP contribution in [0.4, 0.5) is 0 Å². The molecule has 5 nitrogen and oxygen atoms in total. The number of Topliss-reactive ketones (excluding diaryl/α,β-unsaturated/α-hetero) is 1. The number of rotatable bonds is 7. The minimum absolute atomic E-state index is 0.134. The maximum absolute atomic E-state index is 12.9. The summed E-state index contributed by atoms with van der Waals surface area (Å²) in [5.74, 6) is -0.648. The highest BCUT2D eigenvalue weighted by atomic mass is 16.5. The summed E-state index contributed by atoms with van der Waals surface area (Å²) in [6, 6.07) is 14.1. The number of methoxy groups -OCH3 is 1. The third-order valence-electron chi connectivity index (χ3n) is 5.36. The summed E-state index contributed by atoms with van der Waals surface area (Å²) in [5.41, 5.74) is 2.58. The maximum Gasteiger partial charge on any atom is 0.295 e. The first-order valence-corrected chi connectivity index (χ1v) is 10.0. The summed E-state index contributed by atoms with van der Waals surface area (Å²) in [4.78, 5) is 27.2. The molecule has 1 saturated heterocycles. The van der Waals surface area contributed by atoms with Gasteiger partial charge in [0.05, 0.1) is 18.7 Å². The zero-order valence-corrected chi connectivity index (χ0v) is 17.1. The van der Waals surface area contributed by atoms with E-state index in [9.17, 15) is 14.7 Å². The Bertz CT molecular complexity index is 913. The predicted octanol–water partition coefficient (Wildman–Crippen LogP) is 4.48. The van der Waals surface area contributed by atoms with Crippen LogP contribution in [0.15, 0.2) is 54.1 Å². The van der Waals surface area contributed by atoms with Crippen molar-refractivity contribution in [3.8, 4) is 5.75 Å². The molecule has 2 aromatic carbocycles. The molecular formula is C24H27NO4. The molecule has 0 aliphatic carbocycles. The van der Waals surface area contributed by atoms with Crippen LogP contribution in [0.3, 0.4) is 0 Å². The van der Waals surface area contributed by atoms with Crippen molar-refractivity contribution in [2.24, 2.45) is 0 Å². The molecule has 1 fully saturated rings. The molecule has 1 atom stereocenters. The highest BCUT2D eigenvalue weighted by Crippen LogP contribution is 2.40. The smallest absolute Gasteiger partial charge is 0.295 e. The first-order valence-electron chi connectivity index (χ1n) is 10.0. The average Bonchev–Trinajstić information content (AvgIpc) is 3.02. The molecule has 0 aromatic heterocycles. The van der Waals surface area contributed by atoms with E-state index >= 15 is 0 Å². The number of likely N-dealkylation sites (tertiary alicyclic amines) is 1. The average molecular weight is 393 g/mol. The standard InChI is InChI=1S/C24H27NO4/c1-4-6-15-25-21(17-11-13-19(29-3)14-12-17)20(23(27)24(25)28)22(26)18-9-7-16(5-2)8-10-18/h7-14,21,26H,4-6,15H2,1-3H3/b22-20-.